The molecule has 1 aliphatic carbocycles. The zero-order valence-corrected chi connectivity index (χ0v) is 21.7. The smallest absolute Gasteiger partial charge is 0.0720 e. The van der Waals surface area contributed by atoms with Gasteiger partial charge in [0, 0.05) is 12.4 Å². The van der Waals surface area contributed by atoms with Crippen molar-refractivity contribution in [3.05, 3.63) is 148 Å². The maximum atomic E-state index is 4.41. The van der Waals surface area contributed by atoms with Crippen molar-refractivity contribution in [2.24, 2.45) is 0 Å². The first kappa shape index (κ1) is 23.2. The van der Waals surface area contributed by atoms with Gasteiger partial charge in [-0.2, -0.15) is 0 Å². The molecule has 0 fully saturated rings. The van der Waals surface area contributed by atoms with Crippen molar-refractivity contribution in [2.75, 3.05) is 0 Å². The average Bonchev–Trinajstić information content (AvgIpc) is 3.27. The Morgan fingerprint density at radius 1 is 0.730 bits per heavy atom. The SMILES string of the molecule is C/C=C\c1ccc2c(c1/C=C\C)-c1ccc3ccccc3c1C2(c1ccncc1)c1ccc(CC)cc1. The van der Waals surface area contributed by atoms with E-state index in [9.17, 15) is 0 Å². The minimum atomic E-state index is -0.453. The van der Waals surface area contributed by atoms with Gasteiger partial charge in [0.1, 0.15) is 0 Å². The Morgan fingerprint density at radius 3 is 2.19 bits per heavy atom. The number of allylic oxidation sites excluding steroid dienone is 2. The number of nitrogens with zero attached hydrogens (tertiary/aromatic N) is 1. The molecular formula is C36H31N. The number of benzene rings is 4. The van der Waals surface area contributed by atoms with Crippen LogP contribution in [0.4, 0.5) is 0 Å². The molecule has 0 radical (unpaired) electrons. The summed E-state index contributed by atoms with van der Waals surface area (Å²) < 4.78 is 0. The van der Waals surface area contributed by atoms with Crippen molar-refractivity contribution < 1.29 is 0 Å². The van der Waals surface area contributed by atoms with Gasteiger partial charge in [-0.15, -0.1) is 0 Å². The number of hydrogen-bond acceptors (Lipinski definition) is 1. The third kappa shape index (κ3) is 3.42. The van der Waals surface area contributed by atoms with Crippen LogP contribution in [0, 0.1) is 0 Å². The highest BCUT2D eigenvalue weighted by Crippen LogP contribution is 2.59. The van der Waals surface area contributed by atoms with Gasteiger partial charge in [0.05, 0.1) is 5.41 Å². The van der Waals surface area contributed by atoms with E-state index in [1.54, 1.807) is 0 Å². The number of rotatable bonds is 5. The molecule has 1 aliphatic rings. The summed E-state index contributed by atoms with van der Waals surface area (Å²) in [5.74, 6) is 0. The van der Waals surface area contributed by atoms with Crippen molar-refractivity contribution in [3.63, 3.8) is 0 Å². The molecule has 1 nitrogen and oxygen atoms in total. The number of pyridine rings is 1. The van der Waals surface area contributed by atoms with Crippen LogP contribution in [0.5, 0.6) is 0 Å². The van der Waals surface area contributed by atoms with E-state index in [2.05, 4.69) is 135 Å². The van der Waals surface area contributed by atoms with Crippen LogP contribution in [0.3, 0.4) is 0 Å². The van der Waals surface area contributed by atoms with Crippen molar-refractivity contribution in [2.45, 2.75) is 32.6 Å². The molecule has 1 unspecified atom stereocenters. The van der Waals surface area contributed by atoms with Crippen molar-refractivity contribution >= 4 is 22.9 Å². The maximum Gasteiger partial charge on any atom is 0.0720 e. The second-order valence-electron chi connectivity index (χ2n) is 9.74. The fraction of sp³-hybridized carbons (Fsp3) is 0.139. The van der Waals surface area contributed by atoms with Gasteiger partial charge in [0.15, 0.2) is 0 Å². The number of aryl methyl sites for hydroxylation is 1. The normalized spacial score (nSPS) is 16.5. The third-order valence-electron chi connectivity index (χ3n) is 7.84. The summed E-state index contributed by atoms with van der Waals surface area (Å²) in [6.45, 7) is 6.41. The molecule has 0 amide bonds. The van der Waals surface area contributed by atoms with E-state index >= 15 is 0 Å². The lowest BCUT2D eigenvalue weighted by Gasteiger charge is -2.35. The second kappa shape index (κ2) is 9.33. The first-order chi connectivity index (χ1) is 18.2. The van der Waals surface area contributed by atoms with Crippen LogP contribution >= 0.6 is 0 Å². The highest BCUT2D eigenvalue weighted by Gasteiger charge is 2.48. The van der Waals surface area contributed by atoms with Gasteiger partial charge in [-0.25, -0.2) is 0 Å². The molecule has 0 bridgehead atoms. The van der Waals surface area contributed by atoms with Crippen molar-refractivity contribution in [1.29, 1.82) is 0 Å². The first-order valence-corrected chi connectivity index (χ1v) is 13.2. The van der Waals surface area contributed by atoms with Gasteiger partial charge in [-0.05, 0) is 93.2 Å². The molecule has 0 saturated heterocycles. The summed E-state index contributed by atoms with van der Waals surface area (Å²) >= 11 is 0. The molecule has 1 aromatic heterocycles. The third-order valence-corrected chi connectivity index (χ3v) is 7.84. The Bertz CT molecular complexity index is 1660. The van der Waals surface area contributed by atoms with Crippen molar-refractivity contribution in [1.82, 2.24) is 4.98 Å². The zero-order chi connectivity index (χ0) is 25.4. The standard InChI is InChI=1S/C36H31N/c1-4-9-26-16-20-33-34(30(26)10-5-2)32-19-15-27-11-7-8-12-31(27)35(32)36(33,29-21-23-37-24-22-29)28-17-13-25(6-3)14-18-28/h4-5,7-24H,6H2,1-3H3/b9-4-,10-5-. The Hall–Kier alpha value is -4.23. The molecule has 180 valence electrons. The van der Waals surface area contributed by atoms with Gasteiger partial charge < -0.3 is 0 Å². The molecule has 4 aromatic carbocycles. The summed E-state index contributed by atoms with van der Waals surface area (Å²) in [6.07, 6.45) is 13.7. The van der Waals surface area contributed by atoms with E-state index < -0.39 is 5.41 Å². The average molecular weight is 478 g/mol. The van der Waals surface area contributed by atoms with Crippen LogP contribution < -0.4 is 0 Å². The van der Waals surface area contributed by atoms with Crippen LogP contribution in [-0.2, 0) is 11.8 Å². The summed E-state index contributed by atoms with van der Waals surface area (Å²) in [6, 6.07) is 31.8. The molecular weight excluding hydrogens is 446 g/mol. The molecule has 0 N–H and O–H groups in total. The van der Waals surface area contributed by atoms with Gasteiger partial charge >= 0.3 is 0 Å². The quantitative estimate of drug-likeness (QED) is 0.241. The lowest BCUT2D eigenvalue weighted by Crippen LogP contribution is -2.29. The van der Waals surface area contributed by atoms with E-state index in [0.29, 0.717) is 0 Å². The molecule has 6 rings (SSSR count). The van der Waals surface area contributed by atoms with E-state index in [0.717, 1.165) is 6.42 Å². The van der Waals surface area contributed by atoms with Gasteiger partial charge in [0.25, 0.3) is 0 Å². The number of aromatic nitrogens is 1. The van der Waals surface area contributed by atoms with E-state index in [1.165, 1.54) is 60.8 Å². The van der Waals surface area contributed by atoms with E-state index in [1.807, 2.05) is 12.4 Å². The fourth-order valence-corrected chi connectivity index (χ4v) is 6.29. The summed E-state index contributed by atoms with van der Waals surface area (Å²) in [7, 11) is 0. The van der Waals surface area contributed by atoms with Gasteiger partial charge in [0.2, 0.25) is 0 Å². The number of fused-ring (bicyclic) bond motifs is 5. The predicted molar refractivity (Wildman–Crippen MR) is 158 cm³/mol. The Labute approximate surface area is 219 Å². The Kier molecular flexibility index (Phi) is 5.85. The van der Waals surface area contributed by atoms with Crippen LogP contribution in [0.15, 0.2) is 109 Å². The molecule has 37 heavy (non-hydrogen) atoms. The predicted octanol–water partition coefficient (Wildman–Crippen LogP) is 9.23. The Balaban J connectivity index is 1.86. The summed E-state index contributed by atoms with van der Waals surface area (Å²) in [5, 5.41) is 2.56. The molecule has 1 atom stereocenters. The Morgan fingerprint density at radius 2 is 1.46 bits per heavy atom. The number of hydrogen-bond donors (Lipinski definition) is 0. The minimum Gasteiger partial charge on any atom is -0.265 e. The van der Waals surface area contributed by atoms with Gasteiger partial charge in [-0.1, -0.05) is 104 Å². The van der Waals surface area contributed by atoms with Crippen LogP contribution in [-0.4, -0.2) is 4.98 Å². The monoisotopic (exact) mass is 477 g/mol. The van der Waals surface area contributed by atoms with E-state index in [4.69, 9.17) is 0 Å². The van der Waals surface area contributed by atoms with Gasteiger partial charge in [-0.3, -0.25) is 4.98 Å². The minimum absolute atomic E-state index is 0.453. The molecule has 1 heterocycles. The van der Waals surface area contributed by atoms with Crippen molar-refractivity contribution in [3.8, 4) is 11.1 Å². The maximum absolute atomic E-state index is 4.41. The highest BCUT2D eigenvalue weighted by atomic mass is 14.6. The van der Waals surface area contributed by atoms with E-state index in [-0.39, 0.29) is 0 Å². The largest absolute Gasteiger partial charge is 0.265 e. The second-order valence-corrected chi connectivity index (χ2v) is 9.74. The molecule has 0 saturated carbocycles. The van der Waals surface area contributed by atoms with Crippen LogP contribution in [0.2, 0.25) is 0 Å². The fourth-order valence-electron chi connectivity index (χ4n) is 6.29. The van der Waals surface area contributed by atoms with Crippen LogP contribution in [0.1, 0.15) is 59.7 Å². The summed E-state index contributed by atoms with van der Waals surface area (Å²) in [5.41, 5.74) is 11.3. The highest BCUT2D eigenvalue weighted by molar-refractivity contribution is 6.02. The lowest BCUT2D eigenvalue weighted by atomic mass is 9.66. The molecule has 0 spiro atoms. The molecule has 1 heteroatoms. The first-order valence-electron chi connectivity index (χ1n) is 13.2. The molecule has 0 aliphatic heterocycles. The molecule has 5 aromatic rings. The summed E-state index contributed by atoms with van der Waals surface area (Å²) in [4.78, 5) is 4.41. The zero-order valence-electron chi connectivity index (χ0n) is 21.7. The lowest BCUT2D eigenvalue weighted by molar-refractivity contribution is 0.772. The topological polar surface area (TPSA) is 12.9 Å². The van der Waals surface area contributed by atoms with Crippen LogP contribution in [0.25, 0.3) is 34.1 Å².